The highest BCUT2D eigenvalue weighted by atomic mass is 32.2. The van der Waals surface area contributed by atoms with Crippen molar-refractivity contribution in [3.8, 4) is 0 Å². The Bertz CT molecular complexity index is 1150. The standard InChI is InChI=1S/C24H21N5OS/c1-17-13-18(2)28-24(27-17)31-22-11-10-20(14-26-22)23(30)29(21-9-6-12-25-15-21)16-19-7-4-3-5-8-19/h3-15H,16H2,1-2H3. The van der Waals surface area contributed by atoms with Crippen molar-refractivity contribution >= 4 is 23.4 Å². The zero-order valence-corrected chi connectivity index (χ0v) is 18.1. The zero-order chi connectivity index (χ0) is 21.6. The monoisotopic (exact) mass is 427 g/mol. The number of carbonyl (C=O) groups is 1. The molecule has 0 saturated carbocycles. The van der Waals surface area contributed by atoms with Gasteiger partial charge in [-0.15, -0.1) is 0 Å². The predicted octanol–water partition coefficient (Wildman–Crippen LogP) is 4.88. The average molecular weight is 428 g/mol. The summed E-state index contributed by atoms with van der Waals surface area (Å²) in [5.74, 6) is -0.136. The minimum Gasteiger partial charge on any atom is -0.302 e. The van der Waals surface area contributed by atoms with Crippen LogP contribution in [0.4, 0.5) is 5.69 Å². The van der Waals surface area contributed by atoms with Crippen molar-refractivity contribution in [3.05, 3.63) is 102 Å². The number of hydrogen-bond donors (Lipinski definition) is 0. The van der Waals surface area contributed by atoms with Gasteiger partial charge in [-0.1, -0.05) is 30.3 Å². The molecule has 3 aromatic heterocycles. The first-order valence-corrected chi connectivity index (χ1v) is 10.6. The maximum Gasteiger partial charge on any atom is 0.260 e. The molecule has 0 saturated heterocycles. The van der Waals surface area contributed by atoms with E-state index in [-0.39, 0.29) is 5.91 Å². The van der Waals surface area contributed by atoms with Gasteiger partial charge in [-0.05, 0) is 61.5 Å². The van der Waals surface area contributed by atoms with Crippen LogP contribution in [-0.2, 0) is 6.54 Å². The number of rotatable bonds is 6. The van der Waals surface area contributed by atoms with Crippen LogP contribution in [-0.4, -0.2) is 25.8 Å². The molecule has 3 heterocycles. The third-order valence-electron chi connectivity index (χ3n) is 4.53. The van der Waals surface area contributed by atoms with Gasteiger partial charge in [0.1, 0.15) is 5.03 Å². The summed E-state index contributed by atoms with van der Waals surface area (Å²) in [5.41, 5.74) is 4.10. The van der Waals surface area contributed by atoms with E-state index >= 15 is 0 Å². The largest absolute Gasteiger partial charge is 0.302 e. The Balaban J connectivity index is 1.56. The van der Waals surface area contributed by atoms with Crippen molar-refractivity contribution in [1.29, 1.82) is 0 Å². The van der Waals surface area contributed by atoms with E-state index in [0.29, 0.717) is 17.3 Å². The van der Waals surface area contributed by atoms with Crippen LogP contribution in [0.3, 0.4) is 0 Å². The van der Waals surface area contributed by atoms with Crippen molar-refractivity contribution in [1.82, 2.24) is 19.9 Å². The van der Waals surface area contributed by atoms with Crippen LogP contribution in [0.15, 0.2) is 89.4 Å². The van der Waals surface area contributed by atoms with Crippen LogP contribution in [0.25, 0.3) is 0 Å². The van der Waals surface area contributed by atoms with Crippen molar-refractivity contribution in [3.63, 3.8) is 0 Å². The Hall–Kier alpha value is -3.58. The fourth-order valence-electron chi connectivity index (χ4n) is 3.12. The van der Waals surface area contributed by atoms with Gasteiger partial charge in [0.15, 0.2) is 5.16 Å². The third kappa shape index (κ3) is 5.32. The highest BCUT2D eigenvalue weighted by Gasteiger charge is 2.19. The first-order valence-electron chi connectivity index (χ1n) is 9.80. The normalized spacial score (nSPS) is 10.6. The summed E-state index contributed by atoms with van der Waals surface area (Å²) in [4.78, 5) is 32.5. The van der Waals surface area contributed by atoms with Gasteiger partial charge in [0.25, 0.3) is 5.91 Å². The fourth-order valence-corrected chi connectivity index (χ4v) is 3.92. The van der Waals surface area contributed by atoms with E-state index in [4.69, 9.17) is 0 Å². The number of nitrogens with zero attached hydrogens (tertiary/aromatic N) is 5. The molecule has 6 nitrogen and oxygen atoms in total. The number of benzene rings is 1. The number of pyridine rings is 2. The molecule has 0 atom stereocenters. The molecule has 1 aromatic carbocycles. The zero-order valence-electron chi connectivity index (χ0n) is 17.3. The number of aromatic nitrogens is 4. The van der Waals surface area contributed by atoms with E-state index in [1.54, 1.807) is 29.6 Å². The minimum absolute atomic E-state index is 0.136. The van der Waals surface area contributed by atoms with Crippen molar-refractivity contribution in [2.24, 2.45) is 0 Å². The highest BCUT2D eigenvalue weighted by molar-refractivity contribution is 7.99. The van der Waals surface area contributed by atoms with Crippen LogP contribution in [0.2, 0.25) is 0 Å². The molecule has 0 N–H and O–H groups in total. The fraction of sp³-hybridized carbons (Fsp3) is 0.125. The quantitative estimate of drug-likeness (QED) is 0.408. The van der Waals surface area contributed by atoms with Gasteiger partial charge in [-0.25, -0.2) is 15.0 Å². The molecule has 0 radical (unpaired) electrons. The number of aryl methyl sites for hydroxylation is 2. The Labute approximate surface area is 185 Å². The second-order valence-corrected chi connectivity index (χ2v) is 8.00. The van der Waals surface area contributed by atoms with Crippen molar-refractivity contribution < 1.29 is 4.79 Å². The number of carbonyl (C=O) groups excluding carboxylic acids is 1. The number of anilines is 1. The van der Waals surface area contributed by atoms with Gasteiger partial charge in [-0.3, -0.25) is 9.78 Å². The van der Waals surface area contributed by atoms with Crippen LogP contribution >= 0.6 is 11.8 Å². The highest BCUT2D eigenvalue weighted by Crippen LogP contribution is 2.24. The van der Waals surface area contributed by atoms with Gasteiger partial charge in [0.05, 0.1) is 24.0 Å². The van der Waals surface area contributed by atoms with E-state index in [2.05, 4.69) is 19.9 Å². The Morgan fingerprint density at radius 1 is 0.935 bits per heavy atom. The Morgan fingerprint density at radius 3 is 2.35 bits per heavy atom. The summed E-state index contributed by atoms with van der Waals surface area (Å²) >= 11 is 1.38. The second kappa shape index (κ2) is 9.49. The molecule has 1 amide bonds. The van der Waals surface area contributed by atoms with E-state index in [1.165, 1.54) is 11.8 Å². The molecule has 4 aromatic rings. The maximum atomic E-state index is 13.3. The number of hydrogen-bond acceptors (Lipinski definition) is 6. The molecule has 0 aliphatic rings. The molecule has 4 rings (SSSR count). The second-order valence-electron chi connectivity index (χ2n) is 7.01. The van der Waals surface area contributed by atoms with Gasteiger partial charge < -0.3 is 4.90 Å². The van der Waals surface area contributed by atoms with E-state index in [9.17, 15) is 4.79 Å². The van der Waals surface area contributed by atoms with E-state index in [1.807, 2.05) is 68.4 Å². The first-order chi connectivity index (χ1) is 15.1. The summed E-state index contributed by atoms with van der Waals surface area (Å²) < 4.78 is 0. The SMILES string of the molecule is Cc1cc(C)nc(Sc2ccc(C(=O)N(Cc3ccccc3)c3cccnc3)cn2)n1. The van der Waals surface area contributed by atoms with Crippen LogP contribution < -0.4 is 4.90 Å². The molecule has 0 aliphatic heterocycles. The van der Waals surface area contributed by atoms with Crippen molar-refractivity contribution in [2.75, 3.05) is 4.90 Å². The summed E-state index contributed by atoms with van der Waals surface area (Å²) in [7, 11) is 0. The topological polar surface area (TPSA) is 71.9 Å². The molecular weight excluding hydrogens is 406 g/mol. The first kappa shape index (κ1) is 20.7. The lowest BCUT2D eigenvalue weighted by atomic mass is 10.1. The average Bonchev–Trinajstić information content (AvgIpc) is 2.78. The lowest BCUT2D eigenvalue weighted by Gasteiger charge is -2.22. The molecule has 0 bridgehead atoms. The summed E-state index contributed by atoms with van der Waals surface area (Å²) in [6, 6.07) is 19.1. The van der Waals surface area contributed by atoms with E-state index in [0.717, 1.165) is 27.7 Å². The molecule has 31 heavy (non-hydrogen) atoms. The Kier molecular flexibility index (Phi) is 6.33. The van der Waals surface area contributed by atoms with Gasteiger partial charge in [0, 0.05) is 23.8 Å². The lowest BCUT2D eigenvalue weighted by molar-refractivity contribution is 0.0984. The molecule has 0 unspecified atom stereocenters. The van der Waals surface area contributed by atoms with Gasteiger partial charge in [-0.2, -0.15) is 0 Å². The Morgan fingerprint density at radius 2 is 1.71 bits per heavy atom. The lowest BCUT2D eigenvalue weighted by Crippen LogP contribution is -2.30. The minimum atomic E-state index is -0.136. The predicted molar refractivity (Wildman–Crippen MR) is 121 cm³/mol. The number of amides is 1. The summed E-state index contributed by atoms with van der Waals surface area (Å²) in [6.45, 7) is 4.32. The van der Waals surface area contributed by atoms with Crippen LogP contribution in [0.1, 0.15) is 27.3 Å². The smallest absolute Gasteiger partial charge is 0.260 e. The van der Waals surface area contributed by atoms with Crippen molar-refractivity contribution in [2.45, 2.75) is 30.6 Å². The summed E-state index contributed by atoms with van der Waals surface area (Å²) in [6.07, 6.45) is 4.98. The molecule has 0 spiro atoms. The van der Waals surface area contributed by atoms with Crippen LogP contribution in [0, 0.1) is 13.8 Å². The molecule has 0 fully saturated rings. The summed E-state index contributed by atoms with van der Waals surface area (Å²) in [5, 5.41) is 1.38. The third-order valence-corrected chi connectivity index (χ3v) is 5.34. The van der Waals surface area contributed by atoms with Gasteiger partial charge in [0.2, 0.25) is 0 Å². The maximum absolute atomic E-state index is 13.3. The molecule has 154 valence electrons. The van der Waals surface area contributed by atoms with Crippen LogP contribution in [0.5, 0.6) is 0 Å². The molecule has 0 aliphatic carbocycles. The van der Waals surface area contributed by atoms with E-state index < -0.39 is 0 Å². The molecule has 7 heteroatoms. The van der Waals surface area contributed by atoms with Gasteiger partial charge >= 0.3 is 0 Å². The molecular formula is C24H21N5OS.